The Kier molecular flexibility index (Phi) is 3.88. The van der Waals surface area contributed by atoms with Gasteiger partial charge in [-0.1, -0.05) is 24.3 Å². The fourth-order valence-corrected chi connectivity index (χ4v) is 2.46. The average molecular weight is 281 g/mol. The van der Waals surface area contributed by atoms with E-state index in [2.05, 4.69) is 27.2 Å². The highest BCUT2D eigenvalue weighted by Gasteiger charge is 2.10. The molecule has 0 bridgehead atoms. The number of nitrogens with zero attached hydrogens (tertiary/aromatic N) is 2. The second-order valence-electron chi connectivity index (χ2n) is 5.28. The molecule has 2 N–H and O–H groups in total. The molecule has 1 unspecified atom stereocenters. The van der Waals surface area contributed by atoms with Gasteiger partial charge in [0.15, 0.2) is 0 Å². The molecule has 0 spiro atoms. The monoisotopic (exact) mass is 281 g/mol. The van der Waals surface area contributed by atoms with Crippen LogP contribution in [0.5, 0.6) is 0 Å². The Morgan fingerprint density at radius 3 is 2.81 bits per heavy atom. The number of nitrogens with one attached hydrogen (secondary N) is 1. The maximum atomic E-state index is 10.4. The van der Waals surface area contributed by atoms with E-state index in [-0.39, 0.29) is 0 Å². The highest BCUT2D eigenvalue weighted by molar-refractivity contribution is 5.78. The highest BCUT2D eigenvalue weighted by atomic mass is 16.3. The van der Waals surface area contributed by atoms with Crippen LogP contribution in [0.2, 0.25) is 0 Å². The molecule has 0 fully saturated rings. The van der Waals surface area contributed by atoms with E-state index in [4.69, 9.17) is 0 Å². The SMILES string of the molecule is CN(CCC(O)c1ccc2[nH]ncc2c1)c1ccccc1. The summed E-state index contributed by atoms with van der Waals surface area (Å²) in [6, 6.07) is 16.1. The number of hydrogen-bond donors (Lipinski definition) is 2. The summed E-state index contributed by atoms with van der Waals surface area (Å²) in [6.45, 7) is 0.800. The molecule has 108 valence electrons. The van der Waals surface area contributed by atoms with Crippen LogP contribution in [0.25, 0.3) is 10.9 Å². The van der Waals surface area contributed by atoms with E-state index >= 15 is 0 Å². The minimum atomic E-state index is -0.463. The Balaban J connectivity index is 1.64. The lowest BCUT2D eigenvalue weighted by atomic mass is 10.0. The van der Waals surface area contributed by atoms with Gasteiger partial charge < -0.3 is 10.0 Å². The lowest BCUT2D eigenvalue weighted by molar-refractivity contribution is 0.170. The lowest BCUT2D eigenvalue weighted by Gasteiger charge is -2.21. The number of hydrogen-bond acceptors (Lipinski definition) is 3. The van der Waals surface area contributed by atoms with Crippen molar-refractivity contribution in [2.45, 2.75) is 12.5 Å². The van der Waals surface area contributed by atoms with Gasteiger partial charge in [-0.05, 0) is 36.2 Å². The topological polar surface area (TPSA) is 52.1 Å². The molecule has 0 aliphatic rings. The summed E-state index contributed by atoms with van der Waals surface area (Å²) in [7, 11) is 2.04. The largest absolute Gasteiger partial charge is 0.388 e. The van der Waals surface area contributed by atoms with Gasteiger partial charge in [0.2, 0.25) is 0 Å². The molecule has 1 atom stereocenters. The molecule has 0 amide bonds. The van der Waals surface area contributed by atoms with Crippen molar-refractivity contribution in [3.63, 3.8) is 0 Å². The molecular formula is C17H19N3O. The number of aromatic amines is 1. The van der Waals surface area contributed by atoms with Crippen molar-refractivity contribution in [2.75, 3.05) is 18.5 Å². The molecule has 0 saturated carbocycles. The van der Waals surface area contributed by atoms with Crippen molar-refractivity contribution in [2.24, 2.45) is 0 Å². The van der Waals surface area contributed by atoms with Gasteiger partial charge in [0, 0.05) is 24.7 Å². The van der Waals surface area contributed by atoms with Crippen molar-refractivity contribution in [3.8, 4) is 0 Å². The molecule has 1 heterocycles. The Morgan fingerprint density at radius 1 is 1.19 bits per heavy atom. The smallest absolute Gasteiger partial charge is 0.0807 e. The maximum Gasteiger partial charge on any atom is 0.0807 e. The Morgan fingerprint density at radius 2 is 2.00 bits per heavy atom. The zero-order chi connectivity index (χ0) is 14.7. The van der Waals surface area contributed by atoms with Crippen LogP contribution in [-0.2, 0) is 0 Å². The first kappa shape index (κ1) is 13.6. The predicted molar refractivity (Wildman–Crippen MR) is 85.4 cm³/mol. The van der Waals surface area contributed by atoms with Crippen molar-refractivity contribution in [3.05, 3.63) is 60.3 Å². The Bertz CT molecular complexity index is 708. The summed E-state index contributed by atoms with van der Waals surface area (Å²) in [4.78, 5) is 2.15. The van der Waals surface area contributed by atoms with Crippen LogP contribution in [0, 0.1) is 0 Å². The number of aliphatic hydroxyl groups excluding tert-OH is 1. The molecule has 3 rings (SSSR count). The van der Waals surface area contributed by atoms with E-state index in [1.165, 1.54) is 0 Å². The summed E-state index contributed by atoms with van der Waals surface area (Å²) in [5.74, 6) is 0. The van der Waals surface area contributed by atoms with E-state index < -0.39 is 6.10 Å². The summed E-state index contributed by atoms with van der Waals surface area (Å²) in [6.07, 6.45) is 2.01. The summed E-state index contributed by atoms with van der Waals surface area (Å²) in [5.41, 5.74) is 3.09. The molecule has 0 aliphatic heterocycles. The lowest BCUT2D eigenvalue weighted by Crippen LogP contribution is -2.20. The van der Waals surface area contributed by atoms with Gasteiger partial charge in [-0.25, -0.2) is 0 Å². The number of rotatable bonds is 5. The van der Waals surface area contributed by atoms with Crippen LogP contribution in [0.4, 0.5) is 5.69 Å². The first-order valence-electron chi connectivity index (χ1n) is 7.11. The predicted octanol–water partition coefficient (Wildman–Crippen LogP) is 3.12. The third kappa shape index (κ3) is 3.06. The molecule has 1 aromatic heterocycles. The van der Waals surface area contributed by atoms with Gasteiger partial charge in [0.25, 0.3) is 0 Å². The third-order valence-electron chi connectivity index (χ3n) is 3.78. The molecule has 21 heavy (non-hydrogen) atoms. The van der Waals surface area contributed by atoms with E-state index in [1.54, 1.807) is 6.20 Å². The normalized spacial score (nSPS) is 12.5. The highest BCUT2D eigenvalue weighted by Crippen LogP contribution is 2.22. The minimum absolute atomic E-state index is 0.463. The third-order valence-corrected chi connectivity index (χ3v) is 3.78. The van der Waals surface area contributed by atoms with Crippen molar-refractivity contribution in [1.82, 2.24) is 10.2 Å². The van der Waals surface area contributed by atoms with E-state index in [0.29, 0.717) is 6.42 Å². The van der Waals surface area contributed by atoms with Crippen molar-refractivity contribution >= 4 is 16.6 Å². The van der Waals surface area contributed by atoms with Crippen LogP contribution in [0.1, 0.15) is 18.1 Å². The van der Waals surface area contributed by atoms with E-state index in [9.17, 15) is 5.11 Å². The summed E-state index contributed by atoms with van der Waals surface area (Å²) in [5, 5.41) is 18.3. The second-order valence-corrected chi connectivity index (χ2v) is 5.28. The van der Waals surface area contributed by atoms with Gasteiger partial charge in [-0.15, -0.1) is 0 Å². The number of fused-ring (bicyclic) bond motifs is 1. The van der Waals surface area contributed by atoms with Crippen molar-refractivity contribution in [1.29, 1.82) is 0 Å². The first-order valence-corrected chi connectivity index (χ1v) is 7.11. The molecule has 0 aliphatic carbocycles. The fourth-order valence-electron chi connectivity index (χ4n) is 2.46. The number of aliphatic hydroxyl groups is 1. The van der Waals surface area contributed by atoms with Crippen molar-refractivity contribution < 1.29 is 5.11 Å². The number of benzene rings is 2. The van der Waals surface area contributed by atoms with Gasteiger partial charge in [0.05, 0.1) is 17.8 Å². The van der Waals surface area contributed by atoms with Gasteiger partial charge in [0.1, 0.15) is 0 Å². The second kappa shape index (κ2) is 5.97. The molecule has 3 aromatic rings. The molecule has 0 saturated heterocycles. The van der Waals surface area contributed by atoms with Crippen LogP contribution >= 0.6 is 0 Å². The van der Waals surface area contributed by atoms with Gasteiger partial charge >= 0.3 is 0 Å². The Labute approximate surface area is 124 Å². The molecule has 4 heteroatoms. The standard InChI is InChI=1S/C17H19N3O/c1-20(15-5-3-2-4-6-15)10-9-17(21)13-7-8-16-14(11-13)12-18-19-16/h2-8,11-12,17,21H,9-10H2,1H3,(H,18,19). The van der Waals surface area contributed by atoms with E-state index in [0.717, 1.165) is 28.7 Å². The van der Waals surface area contributed by atoms with Crippen LogP contribution < -0.4 is 4.90 Å². The van der Waals surface area contributed by atoms with Crippen LogP contribution in [0.3, 0.4) is 0 Å². The van der Waals surface area contributed by atoms with Gasteiger partial charge in [-0.2, -0.15) is 5.10 Å². The summed E-state index contributed by atoms with van der Waals surface area (Å²) < 4.78 is 0. The average Bonchev–Trinajstić information content (AvgIpc) is 3.00. The quantitative estimate of drug-likeness (QED) is 0.755. The first-order chi connectivity index (χ1) is 10.2. The van der Waals surface area contributed by atoms with Gasteiger partial charge in [-0.3, -0.25) is 5.10 Å². The minimum Gasteiger partial charge on any atom is -0.388 e. The van der Waals surface area contributed by atoms with Crippen LogP contribution in [0.15, 0.2) is 54.7 Å². The zero-order valence-electron chi connectivity index (χ0n) is 12.0. The zero-order valence-corrected chi connectivity index (χ0v) is 12.0. The van der Waals surface area contributed by atoms with E-state index in [1.807, 2.05) is 43.4 Å². The Hall–Kier alpha value is -2.33. The number of H-pyrrole nitrogens is 1. The number of para-hydroxylation sites is 1. The molecule has 4 nitrogen and oxygen atoms in total. The molecule has 2 aromatic carbocycles. The maximum absolute atomic E-state index is 10.4. The fraction of sp³-hybridized carbons (Fsp3) is 0.235. The number of aromatic nitrogens is 2. The molecule has 0 radical (unpaired) electrons. The van der Waals surface area contributed by atoms with Crippen LogP contribution in [-0.4, -0.2) is 28.9 Å². The summed E-state index contributed by atoms with van der Waals surface area (Å²) >= 11 is 0. The number of anilines is 1. The molecular weight excluding hydrogens is 262 g/mol.